The maximum Gasteiger partial charge on any atom is 0.239 e. The van der Waals surface area contributed by atoms with Crippen molar-refractivity contribution in [3.8, 4) is 0 Å². The third-order valence-corrected chi connectivity index (χ3v) is 3.50. The molecule has 1 N–H and O–H groups in total. The molecule has 124 valence electrons. The number of ether oxygens (including phenoxy) is 1. The Morgan fingerprint density at radius 3 is 2.64 bits per heavy atom. The van der Waals surface area contributed by atoms with Crippen molar-refractivity contribution >= 4 is 11.6 Å². The first-order chi connectivity index (χ1) is 10.4. The molecule has 0 fully saturated rings. The average molecular weight is 306 g/mol. The number of hydrogen-bond donors (Lipinski definition) is 1. The third-order valence-electron chi connectivity index (χ3n) is 3.50. The summed E-state index contributed by atoms with van der Waals surface area (Å²) in [5.74, 6) is 0.0615. The highest BCUT2D eigenvalue weighted by molar-refractivity contribution is 5.81. The van der Waals surface area contributed by atoms with Crippen LogP contribution in [0.15, 0.2) is 18.2 Å². The lowest BCUT2D eigenvalue weighted by Crippen LogP contribution is -2.38. The summed E-state index contributed by atoms with van der Waals surface area (Å²) in [4.78, 5) is 14.2. The number of likely N-dealkylation sites (N-methyl/N-ethyl adjacent to an activating group) is 1. The Balaban J connectivity index is 2.43. The zero-order valence-corrected chi connectivity index (χ0v) is 14.6. The minimum absolute atomic E-state index is 0.0615. The van der Waals surface area contributed by atoms with E-state index in [9.17, 15) is 4.79 Å². The van der Waals surface area contributed by atoms with E-state index >= 15 is 0 Å². The second-order valence-corrected chi connectivity index (χ2v) is 5.93. The van der Waals surface area contributed by atoms with Crippen LogP contribution >= 0.6 is 0 Å². The van der Waals surface area contributed by atoms with Gasteiger partial charge in [-0.25, -0.2) is 0 Å². The molecule has 0 atom stereocenters. The van der Waals surface area contributed by atoms with E-state index in [1.807, 2.05) is 13.8 Å². The summed E-state index contributed by atoms with van der Waals surface area (Å²) in [5, 5.41) is 2.96. The summed E-state index contributed by atoms with van der Waals surface area (Å²) in [5.41, 5.74) is 3.58. The van der Waals surface area contributed by atoms with Crippen molar-refractivity contribution < 1.29 is 9.53 Å². The summed E-state index contributed by atoms with van der Waals surface area (Å²) < 4.78 is 5.46. The number of hydrogen-bond acceptors (Lipinski definition) is 3. The van der Waals surface area contributed by atoms with Crippen molar-refractivity contribution in [2.24, 2.45) is 0 Å². The van der Waals surface area contributed by atoms with Crippen LogP contribution in [0.4, 0.5) is 5.69 Å². The monoisotopic (exact) mass is 306 g/mol. The van der Waals surface area contributed by atoms with Crippen LogP contribution < -0.4 is 10.2 Å². The molecule has 0 spiro atoms. The van der Waals surface area contributed by atoms with Gasteiger partial charge in [-0.05, 0) is 52.7 Å². The highest BCUT2D eigenvalue weighted by Crippen LogP contribution is 2.20. The van der Waals surface area contributed by atoms with E-state index in [2.05, 4.69) is 49.2 Å². The number of nitrogens with one attached hydrogen (secondary N) is 1. The number of nitrogens with zero attached hydrogens (tertiary/aromatic N) is 1. The molecule has 1 aromatic carbocycles. The number of anilines is 1. The van der Waals surface area contributed by atoms with Crippen LogP contribution in [0.1, 0.15) is 38.3 Å². The van der Waals surface area contributed by atoms with Gasteiger partial charge < -0.3 is 15.0 Å². The molecule has 0 saturated carbocycles. The standard InChI is InChI=1S/C18H30N2O2/c1-6-20(17-9-8-15(4)12-16(17)5)13-18(21)19-10-7-11-22-14(2)3/h8-9,12,14H,6-7,10-11,13H2,1-5H3,(H,19,21). The molecule has 0 saturated heterocycles. The summed E-state index contributed by atoms with van der Waals surface area (Å²) in [7, 11) is 0. The zero-order valence-electron chi connectivity index (χ0n) is 14.6. The number of aryl methyl sites for hydroxylation is 2. The predicted molar refractivity (Wildman–Crippen MR) is 92.5 cm³/mol. The number of benzene rings is 1. The van der Waals surface area contributed by atoms with Gasteiger partial charge in [-0.2, -0.15) is 0 Å². The minimum Gasteiger partial charge on any atom is -0.379 e. The van der Waals surface area contributed by atoms with E-state index in [0.29, 0.717) is 19.7 Å². The Morgan fingerprint density at radius 2 is 2.05 bits per heavy atom. The van der Waals surface area contributed by atoms with Gasteiger partial charge in [0.25, 0.3) is 0 Å². The van der Waals surface area contributed by atoms with Gasteiger partial charge in [-0.1, -0.05) is 17.7 Å². The smallest absolute Gasteiger partial charge is 0.239 e. The average Bonchev–Trinajstić information content (AvgIpc) is 2.44. The molecule has 0 unspecified atom stereocenters. The van der Waals surface area contributed by atoms with Crippen LogP contribution in [0.3, 0.4) is 0 Å². The zero-order chi connectivity index (χ0) is 16.5. The van der Waals surface area contributed by atoms with Crippen LogP contribution in [0.2, 0.25) is 0 Å². The lowest BCUT2D eigenvalue weighted by Gasteiger charge is -2.24. The van der Waals surface area contributed by atoms with E-state index in [1.165, 1.54) is 11.1 Å². The van der Waals surface area contributed by atoms with Crippen LogP contribution in [0.25, 0.3) is 0 Å². The van der Waals surface area contributed by atoms with Crippen molar-refractivity contribution in [2.45, 2.75) is 47.1 Å². The molecular formula is C18H30N2O2. The first kappa shape index (κ1) is 18.5. The Hall–Kier alpha value is -1.55. The fourth-order valence-corrected chi connectivity index (χ4v) is 2.38. The Morgan fingerprint density at radius 1 is 1.32 bits per heavy atom. The van der Waals surface area contributed by atoms with Crippen LogP contribution in [-0.4, -0.2) is 38.3 Å². The van der Waals surface area contributed by atoms with Gasteiger partial charge in [0, 0.05) is 25.4 Å². The van der Waals surface area contributed by atoms with E-state index in [1.54, 1.807) is 0 Å². The highest BCUT2D eigenvalue weighted by atomic mass is 16.5. The minimum atomic E-state index is 0.0615. The third kappa shape index (κ3) is 6.48. The van der Waals surface area contributed by atoms with Crippen LogP contribution in [0.5, 0.6) is 0 Å². The normalized spacial score (nSPS) is 10.8. The van der Waals surface area contributed by atoms with E-state index in [4.69, 9.17) is 4.74 Å². The first-order valence-corrected chi connectivity index (χ1v) is 8.14. The largest absolute Gasteiger partial charge is 0.379 e. The first-order valence-electron chi connectivity index (χ1n) is 8.14. The van der Waals surface area contributed by atoms with Gasteiger partial charge in [0.05, 0.1) is 12.6 Å². The van der Waals surface area contributed by atoms with Crippen LogP contribution in [0, 0.1) is 13.8 Å². The molecule has 0 aliphatic carbocycles. The summed E-state index contributed by atoms with van der Waals surface area (Å²) in [6.07, 6.45) is 1.09. The van der Waals surface area contributed by atoms with Crippen LogP contribution in [-0.2, 0) is 9.53 Å². The Kier molecular flexibility index (Phi) is 7.96. The number of rotatable bonds is 9. The van der Waals surface area contributed by atoms with Gasteiger partial charge in [0.2, 0.25) is 5.91 Å². The second-order valence-electron chi connectivity index (χ2n) is 5.93. The maximum atomic E-state index is 12.1. The van der Waals surface area contributed by atoms with Gasteiger partial charge in [-0.3, -0.25) is 4.79 Å². The number of carbonyl (C=O) groups excluding carboxylic acids is 1. The molecule has 0 aliphatic heterocycles. The molecule has 0 heterocycles. The van der Waals surface area contributed by atoms with Crippen molar-refractivity contribution in [3.63, 3.8) is 0 Å². The molecule has 22 heavy (non-hydrogen) atoms. The SMILES string of the molecule is CCN(CC(=O)NCCCOC(C)C)c1ccc(C)cc1C. The van der Waals surface area contributed by atoms with Gasteiger partial charge >= 0.3 is 0 Å². The highest BCUT2D eigenvalue weighted by Gasteiger charge is 2.11. The lowest BCUT2D eigenvalue weighted by molar-refractivity contribution is -0.119. The molecule has 0 bridgehead atoms. The van der Waals surface area contributed by atoms with Crippen molar-refractivity contribution in [1.82, 2.24) is 5.32 Å². The molecule has 0 radical (unpaired) electrons. The molecule has 1 rings (SSSR count). The Labute approximate surface area is 134 Å². The quantitative estimate of drug-likeness (QED) is 0.713. The molecular weight excluding hydrogens is 276 g/mol. The van der Waals surface area contributed by atoms with Crippen molar-refractivity contribution in [2.75, 3.05) is 31.1 Å². The fourth-order valence-electron chi connectivity index (χ4n) is 2.38. The molecule has 0 aliphatic rings. The summed E-state index contributed by atoms with van der Waals surface area (Å²) >= 11 is 0. The molecule has 0 aromatic heterocycles. The summed E-state index contributed by atoms with van der Waals surface area (Å²) in [6.45, 7) is 12.8. The molecule has 1 amide bonds. The molecule has 4 heteroatoms. The number of carbonyl (C=O) groups is 1. The van der Waals surface area contributed by atoms with Crippen molar-refractivity contribution in [1.29, 1.82) is 0 Å². The Bertz CT molecular complexity index is 472. The topological polar surface area (TPSA) is 41.6 Å². The van der Waals surface area contributed by atoms with E-state index in [0.717, 1.165) is 18.7 Å². The van der Waals surface area contributed by atoms with E-state index in [-0.39, 0.29) is 12.0 Å². The molecule has 4 nitrogen and oxygen atoms in total. The number of amides is 1. The van der Waals surface area contributed by atoms with Crippen molar-refractivity contribution in [3.05, 3.63) is 29.3 Å². The maximum absolute atomic E-state index is 12.1. The van der Waals surface area contributed by atoms with Gasteiger partial charge in [0.1, 0.15) is 0 Å². The summed E-state index contributed by atoms with van der Waals surface area (Å²) in [6, 6.07) is 6.34. The lowest BCUT2D eigenvalue weighted by atomic mass is 10.1. The van der Waals surface area contributed by atoms with E-state index < -0.39 is 0 Å². The predicted octanol–water partition coefficient (Wildman–Crippen LogP) is 3.06. The molecule has 1 aromatic rings. The van der Waals surface area contributed by atoms with Gasteiger partial charge in [0.15, 0.2) is 0 Å². The van der Waals surface area contributed by atoms with Gasteiger partial charge in [-0.15, -0.1) is 0 Å². The fraction of sp³-hybridized carbons (Fsp3) is 0.611. The second kappa shape index (κ2) is 9.46.